The Balaban J connectivity index is 1.43. The molecule has 0 saturated carbocycles. The van der Waals surface area contributed by atoms with Crippen LogP contribution in [0.1, 0.15) is 39.0 Å². The van der Waals surface area contributed by atoms with E-state index in [2.05, 4.69) is 32.0 Å². The van der Waals surface area contributed by atoms with Gasteiger partial charge in [-0.15, -0.1) is 0 Å². The second kappa shape index (κ2) is 9.95. The van der Waals surface area contributed by atoms with Crippen molar-refractivity contribution in [1.29, 1.82) is 0 Å². The predicted octanol–water partition coefficient (Wildman–Crippen LogP) is 3.75. The maximum Gasteiger partial charge on any atom is 0.345 e. The fourth-order valence-electron chi connectivity index (χ4n) is 3.51. The number of carbonyl (C=O) groups excluding carboxylic acids is 2. The summed E-state index contributed by atoms with van der Waals surface area (Å²) >= 11 is 0. The number of carbonyl (C=O) groups is 2. The molecule has 172 valence electrons. The van der Waals surface area contributed by atoms with Crippen molar-refractivity contribution >= 4 is 29.1 Å². The smallest absolute Gasteiger partial charge is 0.345 e. The van der Waals surface area contributed by atoms with Crippen molar-refractivity contribution in [3.05, 3.63) is 83.4 Å². The van der Waals surface area contributed by atoms with Crippen molar-refractivity contribution in [2.45, 2.75) is 20.4 Å². The van der Waals surface area contributed by atoms with Gasteiger partial charge in [-0.25, -0.2) is 15.2 Å². The fourth-order valence-corrected chi connectivity index (χ4v) is 3.51. The van der Waals surface area contributed by atoms with Crippen LogP contribution in [0.2, 0.25) is 0 Å². The second-order valence-corrected chi connectivity index (χ2v) is 7.35. The zero-order valence-corrected chi connectivity index (χ0v) is 19.0. The number of imidazole rings is 1. The van der Waals surface area contributed by atoms with Crippen molar-refractivity contribution in [2.75, 3.05) is 7.11 Å². The van der Waals surface area contributed by atoms with E-state index in [9.17, 15) is 9.59 Å². The highest BCUT2D eigenvalue weighted by Crippen LogP contribution is 2.28. The van der Waals surface area contributed by atoms with Gasteiger partial charge in [-0.3, -0.25) is 9.78 Å². The highest BCUT2D eigenvalue weighted by molar-refractivity contribution is 5.98. The van der Waals surface area contributed by atoms with Gasteiger partial charge in [0.05, 0.1) is 29.9 Å². The lowest BCUT2D eigenvalue weighted by molar-refractivity contribution is 0.0729. The molecule has 0 aliphatic rings. The number of hydrogen-bond acceptors (Lipinski definition) is 7. The molecule has 0 bridgehead atoms. The molecule has 0 aliphatic carbocycles. The second-order valence-electron chi connectivity index (χ2n) is 7.35. The number of hydrogen-bond donors (Lipinski definition) is 1. The van der Waals surface area contributed by atoms with E-state index in [1.807, 2.05) is 13.0 Å². The number of amides is 1. The number of ether oxygens (including phenoxy) is 2. The molecule has 0 radical (unpaired) electrons. The molecule has 2 heterocycles. The Morgan fingerprint density at radius 2 is 1.97 bits per heavy atom. The van der Waals surface area contributed by atoms with Crippen molar-refractivity contribution < 1.29 is 19.1 Å². The fraction of sp³-hybridized carbons (Fsp3) is 0.160. The largest absolute Gasteiger partial charge is 0.493 e. The minimum absolute atomic E-state index is 0.257. The SMILES string of the molecule is CCn1c(C)nc2cc(C(=O)N/N=C/c3ccc(OC(=O)c4cccnc4)c(OC)c3)ccc21. The molecule has 4 rings (SSSR count). The van der Waals surface area contributed by atoms with Crippen LogP contribution >= 0.6 is 0 Å². The van der Waals surface area contributed by atoms with Crippen LogP contribution in [0.15, 0.2) is 66.0 Å². The minimum Gasteiger partial charge on any atom is -0.493 e. The molecule has 2 aromatic carbocycles. The summed E-state index contributed by atoms with van der Waals surface area (Å²) in [7, 11) is 1.47. The van der Waals surface area contributed by atoms with Crippen molar-refractivity contribution in [2.24, 2.45) is 5.10 Å². The maximum atomic E-state index is 12.5. The number of benzene rings is 2. The van der Waals surface area contributed by atoms with Gasteiger partial charge >= 0.3 is 5.97 Å². The van der Waals surface area contributed by atoms with Gasteiger partial charge in [0.2, 0.25) is 0 Å². The Kier molecular flexibility index (Phi) is 6.63. The van der Waals surface area contributed by atoms with Crippen molar-refractivity contribution in [3.63, 3.8) is 0 Å². The topological polar surface area (TPSA) is 108 Å². The summed E-state index contributed by atoms with van der Waals surface area (Å²) < 4.78 is 12.8. The zero-order chi connectivity index (χ0) is 24.1. The van der Waals surface area contributed by atoms with Gasteiger partial charge < -0.3 is 14.0 Å². The Bertz CT molecular complexity index is 1380. The van der Waals surface area contributed by atoms with Crippen LogP contribution in [0, 0.1) is 6.92 Å². The molecular weight excluding hydrogens is 434 g/mol. The molecule has 34 heavy (non-hydrogen) atoms. The normalized spacial score (nSPS) is 11.0. The van der Waals surface area contributed by atoms with E-state index in [0.29, 0.717) is 22.4 Å². The molecule has 0 saturated heterocycles. The van der Waals surface area contributed by atoms with Gasteiger partial charge in [-0.1, -0.05) is 0 Å². The number of nitrogens with one attached hydrogen (secondary N) is 1. The first-order chi connectivity index (χ1) is 16.5. The molecule has 0 spiro atoms. The van der Waals surface area contributed by atoms with Crippen LogP contribution in [-0.4, -0.2) is 39.7 Å². The summed E-state index contributed by atoms with van der Waals surface area (Å²) in [6.45, 7) is 4.80. The first-order valence-corrected chi connectivity index (χ1v) is 10.6. The van der Waals surface area contributed by atoms with Gasteiger partial charge in [0.1, 0.15) is 5.82 Å². The molecule has 9 nitrogen and oxygen atoms in total. The number of pyridine rings is 1. The van der Waals surface area contributed by atoms with Crippen molar-refractivity contribution in [3.8, 4) is 11.5 Å². The van der Waals surface area contributed by atoms with E-state index >= 15 is 0 Å². The third-order valence-corrected chi connectivity index (χ3v) is 5.18. The molecular formula is C25H23N5O4. The molecule has 0 fully saturated rings. The lowest BCUT2D eigenvalue weighted by Gasteiger charge is -2.09. The first kappa shape index (κ1) is 22.7. The number of hydrazone groups is 1. The van der Waals surface area contributed by atoms with Gasteiger partial charge in [0.25, 0.3) is 5.91 Å². The summed E-state index contributed by atoms with van der Waals surface area (Å²) in [5.74, 6) is 0.607. The average molecular weight is 457 g/mol. The number of methoxy groups -OCH3 is 1. The van der Waals surface area contributed by atoms with Gasteiger partial charge in [-0.05, 0) is 67.9 Å². The highest BCUT2D eigenvalue weighted by Gasteiger charge is 2.13. The molecule has 1 N–H and O–H groups in total. The Hall–Kier alpha value is -4.53. The molecule has 9 heteroatoms. The first-order valence-electron chi connectivity index (χ1n) is 10.6. The summed E-state index contributed by atoms with van der Waals surface area (Å²) in [6, 6.07) is 13.6. The van der Waals surface area contributed by atoms with E-state index in [4.69, 9.17) is 9.47 Å². The van der Waals surface area contributed by atoms with E-state index < -0.39 is 5.97 Å². The van der Waals surface area contributed by atoms with E-state index in [1.165, 1.54) is 19.5 Å². The van der Waals surface area contributed by atoms with Crippen LogP contribution in [-0.2, 0) is 6.54 Å². The van der Waals surface area contributed by atoms with Crippen LogP contribution in [0.4, 0.5) is 0 Å². The van der Waals surface area contributed by atoms with Crippen LogP contribution in [0.25, 0.3) is 11.0 Å². The maximum absolute atomic E-state index is 12.5. The van der Waals surface area contributed by atoms with Gasteiger partial charge in [0, 0.05) is 24.5 Å². The van der Waals surface area contributed by atoms with Gasteiger partial charge in [0.15, 0.2) is 11.5 Å². The monoisotopic (exact) mass is 457 g/mol. The van der Waals surface area contributed by atoms with E-state index in [1.54, 1.807) is 48.7 Å². The molecule has 0 unspecified atom stereocenters. The molecule has 1 amide bonds. The van der Waals surface area contributed by atoms with Crippen molar-refractivity contribution in [1.82, 2.24) is 20.0 Å². The Labute approximate surface area is 196 Å². The minimum atomic E-state index is -0.545. The molecule has 0 atom stereocenters. The summed E-state index contributed by atoms with van der Waals surface area (Å²) in [5.41, 5.74) is 5.69. The molecule has 2 aromatic heterocycles. The quantitative estimate of drug-likeness (QED) is 0.196. The number of rotatable bonds is 7. The van der Waals surface area contributed by atoms with Gasteiger partial charge in [-0.2, -0.15) is 5.10 Å². The number of fused-ring (bicyclic) bond motifs is 1. The number of aromatic nitrogens is 3. The Morgan fingerprint density at radius 3 is 2.71 bits per heavy atom. The lowest BCUT2D eigenvalue weighted by atomic mass is 10.2. The average Bonchev–Trinajstić information content (AvgIpc) is 3.19. The number of aryl methyl sites for hydroxylation is 2. The highest BCUT2D eigenvalue weighted by atomic mass is 16.6. The Morgan fingerprint density at radius 1 is 1.12 bits per heavy atom. The van der Waals surface area contributed by atoms with Crippen LogP contribution in [0.5, 0.6) is 11.5 Å². The van der Waals surface area contributed by atoms with E-state index in [0.717, 1.165) is 23.4 Å². The molecule has 4 aromatic rings. The van der Waals surface area contributed by atoms with Crippen LogP contribution < -0.4 is 14.9 Å². The summed E-state index contributed by atoms with van der Waals surface area (Å²) in [6.07, 6.45) is 4.47. The standard InChI is InChI=1S/C25H23N5O4/c1-4-30-16(2)28-20-13-18(8-9-21(20)30)24(31)29-27-14-17-7-10-22(23(12-17)33-3)34-25(32)19-6-5-11-26-15-19/h5-15H,4H2,1-3H3,(H,29,31)/b27-14+. The summed E-state index contributed by atoms with van der Waals surface area (Å²) in [5, 5.41) is 4.03. The molecule has 0 aliphatic heterocycles. The number of esters is 1. The number of nitrogens with zero attached hydrogens (tertiary/aromatic N) is 4. The third kappa shape index (κ3) is 4.78. The lowest BCUT2D eigenvalue weighted by Crippen LogP contribution is -2.17. The zero-order valence-electron chi connectivity index (χ0n) is 19.0. The predicted molar refractivity (Wildman–Crippen MR) is 127 cm³/mol. The van der Waals surface area contributed by atoms with Crippen LogP contribution in [0.3, 0.4) is 0 Å². The third-order valence-electron chi connectivity index (χ3n) is 5.18. The summed E-state index contributed by atoms with van der Waals surface area (Å²) in [4.78, 5) is 33.2. The van der Waals surface area contributed by atoms with E-state index in [-0.39, 0.29) is 11.7 Å².